The Morgan fingerprint density at radius 3 is 2.60 bits per heavy atom. The van der Waals surface area contributed by atoms with Crippen molar-refractivity contribution >= 4 is 18.0 Å². The van der Waals surface area contributed by atoms with Crippen molar-refractivity contribution in [2.45, 2.75) is 32.1 Å². The van der Waals surface area contributed by atoms with Crippen molar-refractivity contribution in [1.29, 1.82) is 0 Å². The molecule has 1 aliphatic heterocycles. The van der Waals surface area contributed by atoms with Gasteiger partial charge in [-0.15, -0.1) is 0 Å². The predicted molar refractivity (Wildman–Crippen MR) is 87.6 cm³/mol. The van der Waals surface area contributed by atoms with Gasteiger partial charge in [-0.1, -0.05) is 30.3 Å². The fourth-order valence-electron chi connectivity index (χ4n) is 2.61. The van der Waals surface area contributed by atoms with Crippen LogP contribution in [0.1, 0.15) is 18.9 Å². The second kappa shape index (κ2) is 8.48. The number of hydrogen-bond acceptors (Lipinski definition) is 5. The number of hydrogen-bond donors (Lipinski definition) is 2. The average molecular weight is 350 g/mol. The Labute approximate surface area is 145 Å². The number of aliphatic carboxylic acids is 1. The van der Waals surface area contributed by atoms with E-state index in [4.69, 9.17) is 9.84 Å². The SMILES string of the molecule is C[C@H]1C(=O)N(CC[C@H](O)C(=O)O)CCN1C(=O)OCc1ccccc1. The highest BCUT2D eigenvalue weighted by Gasteiger charge is 2.35. The van der Waals surface area contributed by atoms with Crippen molar-refractivity contribution in [3.8, 4) is 0 Å². The number of ether oxygens (including phenoxy) is 1. The lowest BCUT2D eigenvalue weighted by atomic mass is 10.1. The molecule has 1 aromatic rings. The Kier molecular flexibility index (Phi) is 6.35. The van der Waals surface area contributed by atoms with Gasteiger partial charge in [0.1, 0.15) is 12.6 Å². The highest BCUT2D eigenvalue weighted by Crippen LogP contribution is 2.14. The number of rotatable bonds is 6. The van der Waals surface area contributed by atoms with Crippen molar-refractivity contribution in [2.24, 2.45) is 0 Å². The van der Waals surface area contributed by atoms with Gasteiger partial charge in [0.05, 0.1) is 0 Å². The molecule has 1 heterocycles. The van der Waals surface area contributed by atoms with E-state index < -0.39 is 24.2 Å². The third kappa shape index (κ3) is 4.93. The smallest absolute Gasteiger partial charge is 0.410 e. The number of piperazine rings is 1. The Morgan fingerprint density at radius 1 is 1.28 bits per heavy atom. The molecule has 2 rings (SSSR count). The molecule has 0 saturated carbocycles. The van der Waals surface area contributed by atoms with E-state index in [9.17, 15) is 19.5 Å². The normalized spacial score (nSPS) is 18.8. The summed E-state index contributed by atoms with van der Waals surface area (Å²) in [5.41, 5.74) is 0.858. The standard InChI is InChI=1S/C17H22N2O6/c1-12-15(21)18(8-7-14(20)16(22)23)9-10-19(12)17(24)25-11-13-5-3-2-4-6-13/h2-6,12,14,20H,7-11H2,1H3,(H,22,23)/t12-,14-/m0/s1. The molecule has 8 nitrogen and oxygen atoms in total. The Morgan fingerprint density at radius 2 is 1.96 bits per heavy atom. The van der Waals surface area contributed by atoms with Crippen LogP contribution in [-0.2, 0) is 20.9 Å². The fraction of sp³-hybridized carbons (Fsp3) is 0.471. The van der Waals surface area contributed by atoms with Gasteiger partial charge in [0.15, 0.2) is 6.10 Å². The number of aliphatic hydroxyl groups excluding tert-OH is 1. The van der Waals surface area contributed by atoms with Gasteiger partial charge >= 0.3 is 12.1 Å². The summed E-state index contributed by atoms with van der Waals surface area (Å²) in [6.45, 7) is 2.43. The van der Waals surface area contributed by atoms with E-state index in [1.807, 2.05) is 30.3 Å². The van der Waals surface area contributed by atoms with E-state index in [-0.39, 0.29) is 32.0 Å². The van der Waals surface area contributed by atoms with Crippen molar-refractivity contribution < 1.29 is 29.3 Å². The first kappa shape index (κ1) is 18.7. The molecule has 0 unspecified atom stereocenters. The molecule has 0 bridgehead atoms. The highest BCUT2D eigenvalue weighted by atomic mass is 16.6. The topological polar surface area (TPSA) is 107 Å². The average Bonchev–Trinajstić information content (AvgIpc) is 2.61. The van der Waals surface area contributed by atoms with Crippen LogP contribution in [0.5, 0.6) is 0 Å². The number of carboxylic acids is 1. The zero-order valence-electron chi connectivity index (χ0n) is 14.0. The second-order valence-corrected chi connectivity index (χ2v) is 5.88. The summed E-state index contributed by atoms with van der Waals surface area (Å²) >= 11 is 0. The lowest BCUT2D eigenvalue weighted by Gasteiger charge is -2.38. The zero-order valence-corrected chi connectivity index (χ0v) is 14.0. The Bertz CT molecular complexity index is 621. The molecule has 2 N–H and O–H groups in total. The summed E-state index contributed by atoms with van der Waals surface area (Å²) < 4.78 is 5.25. The van der Waals surface area contributed by atoms with Crippen LogP contribution in [0.15, 0.2) is 30.3 Å². The maximum Gasteiger partial charge on any atom is 0.410 e. The maximum absolute atomic E-state index is 12.3. The first-order valence-electron chi connectivity index (χ1n) is 8.07. The third-order valence-electron chi connectivity index (χ3n) is 4.14. The molecule has 0 aromatic heterocycles. The number of carboxylic acid groups (broad SMARTS) is 1. The molecule has 2 amide bonds. The van der Waals surface area contributed by atoms with E-state index in [0.29, 0.717) is 6.54 Å². The van der Waals surface area contributed by atoms with Crippen LogP contribution in [-0.4, -0.2) is 69.8 Å². The van der Waals surface area contributed by atoms with Gasteiger partial charge in [-0.25, -0.2) is 9.59 Å². The monoisotopic (exact) mass is 350 g/mol. The minimum Gasteiger partial charge on any atom is -0.479 e. The van der Waals surface area contributed by atoms with Crippen LogP contribution in [0.2, 0.25) is 0 Å². The number of aliphatic hydroxyl groups is 1. The van der Waals surface area contributed by atoms with Gasteiger partial charge in [-0.05, 0) is 12.5 Å². The summed E-state index contributed by atoms with van der Waals surface area (Å²) in [4.78, 5) is 38.0. The molecule has 8 heteroatoms. The van der Waals surface area contributed by atoms with Crippen LogP contribution in [0, 0.1) is 0 Å². The largest absolute Gasteiger partial charge is 0.479 e. The zero-order chi connectivity index (χ0) is 18.4. The van der Waals surface area contributed by atoms with E-state index in [1.165, 1.54) is 9.80 Å². The van der Waals surface area contributed by atoms with Crippen LogP contribution < -0.4 is 0 Å². The van der Waals surface area contributed by atoms with Crippen LogP contribution >= 0.6 is 0 Å². The quantitative estimate of drug-likeness (QED) is 0.782. The predicted octanol–water partition coefficient (Wildman–Crippen LogP) is 0.692. The molecular formula is C17H22N2O6. The molecule has 25 heavy (non-hydrogen) atoms. The van der Waals surface area contributed by atoms with Gasteiger partial charge in [0.2, 0.25) is 5.91 Å². The van der Waals surface area contributed by atoms with Crippen molar-refractivity contribution in [3.63, 3.8) is 0 Å². The van der Waals surface area contributed by atoms with Gasteiger partial charge < -0.3 is 19.8 Å². The van der Waals surface area contributed by atoms with Crippen LogP contribution in [0.3, 0.4) is 0 Å². The molecule has 136 valence electrons. The van der Waals surface area contributed by atoms with Gasteiger partial charge in [0, 0.05) is 26.1 Å². The summed E-state index contributed by atoms with van der Waals surface area (Å²) in [5, 5.41) is 18.0. The lowest BCUT2D eigenvalue weighted by molar-refractivity contribution is -0.148. The minimum atomic E-state index is -1.50. The molecule has 0 radical (unpaired) electrons. The van der Waals surface area contributed by atoms with E-state index >= 15 is 0 Å². The number of nitrogens with zero attached hydrogens (tertiary/aromatic N) is 2. The van der Waals surface area contributed by atoms with E-state index in [1.54, 1.807) is 6.92 Å². The molecule has 0 aliphatic carbocycles. The molecule has 0 spiro atoms. The third-order valence-corrected chi connectivity index (χ3v) is 4.14. The summed E-state index contributed by atoms with van der Waals surface area (Å²) in [6, 6.07) is 8.55. The Balaban J connectivity index is 1.85. The molecule has 1 aromatic carbocycles. The van der Waals surface area contributed by atoms with Crippen molar-refractivity contribution in [3.05, 3.63) is 35.9 Å². The van der Waals surface area contributed by atoms with Gasteiger partial charge in [-0.2, -0.15) is 0 Å². The van der Waals surface area contributed by atoms with Crippen molar-refractivity contribution in [2.75, 3.05) is 19.6 Å². The molecule has 1 fully saturated rings. The van der Waals surface area contributed by atoms with Crippen LogP contribution in [0.4, 0.5) is 4.79 Å². The summed E-state index contributed by atoms with van der Waals surface area (Å²) in [7, 11) is 0. The first-order valence-corrected chi connectivity index (χ1v) is 8.07. The summed E-state index contributed by atoms with van der Waals surface area (Å²) in [6.07, 6.45) is -2.11. The van der Waals surface area contributed by atoms with Crippen molar-refractivity contribution in [1.82, 2.24) is 9.80 Å². The lowest BCUT2D eigenvalue weighted by Crippen LogP contribution is -2.58. The molecule has 2 atom stereocenters. The maximum atomic E-state index is 12.3. The highest BCUT2D eigenvalue weighted by molar-refractivity contribution is 5.86. The second-order valence-electron chi connectivity index (χ2n) is 5.88. The van der Waals surface area contributed by atoms with Crippen LogP contribution in [0.25, 0.3) is 0 Å². The summed E-state index contributed by atoms with van der Waals surface area (Å²) in [5.74, 6) is -1.61. The van der Waals surface area contributed by atoms with Gasteiger partial charge in [0.25, 0.3) is 0 Å². The number of amides is 2. The van der Waals surface area contributed by atoms with E-state index in [0.717, 1.165) is 5.56 Å². The van der Waals surface area contributed by atoms with E-state index in [2.05, 4.69) is 0 Å². The first-order chi connectivity index (χ1) is 11.9. The molecule has 1 aliphatic rings. The number of carbonyl (C=O) groups excluding carboxylic acids is 2. The molecular weight excluding hydrogens is 328 g/mol. The minimum absolute atomic E-state index is 0.0494. The number of carbonyl (C=O) groups is 3. The molecule has 1 saturated heterocycles. The Hall–Kier alpha value is -2.61. The van der Waals surface area contributed by atoms with Gasteiger partial charge in [-0.3, -0.25) is 9.69 Å². The number of benzene rings is 1. The fourth-order valence-corrected chi connectivity index (χ4v) is 2.61.